The monoisotopic (exact) mass is 566 g/mol. The van der Waals surface area contributed by atoms with E-state index in [1.165, 1.54) is 32.1 Å². The molecule has 2 aliphatic carbocycles. The number of rotatable bonds is 5. The first-order valence-corrected chi connectivity index (χ1v) is 13.4. The molecule has 0 radical (unpaired) electrons. The lowest BCUT2D eigenvalue weighted by molar-refractivity contribution is -0.226. The SMILES string of the molecule is CCCC(=O)O[C@H]1/C(C)=C\[C@@H]2OC(=O)[C@]3(C)O[C@]23[C@@H](OC(C)=O)[C@H]2[C@](C)(O)[C@H](O)C=C[C@]2(C)[C@@H](OC(C)=O)[C@@H]1O. The van der Waals surface area contributed by atoms with Crippen LogP contribution in [0.1, 0.15) is 61.3 Å². The topological polar surface area (TPSA) is 178 Å². The number of ether oxygens (including phenoxy) is 5. The van der Waals surface area contributed by atoms with E-state index >= 15 is 0 Å². The maximum absolute atomic E-state index is 13.1. The van der Waals surface area contributed by atoms with E-state index in [2.05, 4.69) is 0 Å². The van der Waals surface area contributed by atoms with E-state index in [1.807, 2.05) is 0 Å². The van der Waals surface area contributed by atoms with Crippen LogP contribution >= 0.6 is 0 Å². The molecule has 12 heteroatoms. The van der Waals surface area contributed by atoms with Crippen LogP contribution in [0.2, 0.25) is 0 Å². The van der Waals surface area contributed by atoms with Crippen LogP contribution in [0.3, 0.4) is 0 Å². The number of fused-ring (bicyclic) bond motifs is 1. The van der Waals surface area contributed by atoms with Crippen LogP contribution < -0.4 is 0 Å². The second-order valence-electron chi connectivity index (χ2n) is 11.7. The van der Waals surface area contributed by atoms with Crippen LogP contribution in [0.4, 0.5) is 0 Å². The third-order valence-electron chi connectivity index (χ3n) is 8.78. The zero-order valence-electron chi connectivity index (χ0n) is 23.7. The molecule has 0 unspecified atom stereocenters. The molecule has 40 heavy (non-hydrogen) atoms. The van der Waals surface area contributed by atoms with E-state index in [1.54, 1.807) is 20.8 Å². The highest BCUT2D eigenvalue weighted by atomic mass is 16.7. The van der Waals surface area contributed by atoms with Crippen LogP contribution in [0.15, 0.2) is 23.8 Å². The number of hydrogen-bond donors (Lipinski definition) is 3. The summed E-state index contributed by atoms with van der Waals surface area (Å²) >= 11 is 0. The Labute approximate surface area is 232 Å². The quantitative estimate of drug-likeness (QED) is 0.183. The van der Waals surface area contributed by atoms with Gasteiger partial charge in [-0.2, -0.15) is 0 Å². The van der Waals surface area contributed by atoms with Crippen molar-refractivity contribution in [2.24, 2.45) is 11.3 Å². The molecule has 0 amide bonds. The summed E-state index contributed by atoms with van der Waals surface area (Å²) in [4.78, 5) is 50.6. The van der Waals surface area contributed by atoms with Gasteiger partial charge in [0.15, 0.2) is 23.4 Å². The molecular formula is C28H38O12. The average molecular weight is 567 g/mol. The molecule has 2 heterocycles. The third-order valence-corrected chi connectivity index (χ3v) is 8.78. The van der Waals surface area contributed by atoms with Crippen molar-refractivity contribution in [2.45, 2.75) is 115 Å². The zero-order chi connectivity index (χ0) is 30.0. The van der Waals surface area contributed by atoms with Gasteiger partial charge in [-0.1, -0.05) is 26.0 Å². The number of aliphatic hydroxyl groups is 3. The predicted octanol–water partition coefficient (Wildman–Crippen LogP) is 0.640. The summed E-state index contributed by atoms with van der Waals surface area (Å²) in [7, 11) is 0. The van der Waals surface area contributed by atoms with Gasteiger partial charge < -0.3 is 39.0 Å². The molecule has 4 rings (SSSR count). The van der Waals surface area contributed by atoms with Crippen molar-refractivity contribution in [3.63, 3.8) is 0 Å². The molecule has 12 nitrogen and oxygen atoms in total. The lowest BCUT2D eigenvalue weighted by Crippen LogP contribution is -2.68. The fourth-order valence-corrected chi connectivity index (χ4v) is 6.78. The van der Waals surface area contributed by atoms with Crippen LogP contribution in [0.25, 0.3) is 0 Å². The van der Waals surface area contributed by atoms with E-state index < -0.39 is 88.6 Å². The van der Waals surface area contributed by atoms with E-state index in [4.69, 9.17) is 23.7 Å². The van der Waals surface area contributed by atoms with Crippen molar-refractivity contribution in [1.82, 2.24) is 0 Å². The molecular weight excluding hydrogens is 528 g/mol. The number of hydrogen-bond acceptors (Lipinski definition) is 12. The Morgan fingerprint density at radius 1 is 1.02 bits per heavy atom. The highest BCUT2D eigenvalue weighted by molar-refractivity contribution is 5.89. The zero-order valence-corrected chi connectivity index (χ0v) is 23.7. The minimum atomic E-state index is -2.08. The van der Waals surface area contributed by atoms with Gasteiger partial charge in [0.25, 0.3) is 0 Å². The Hall–Kier alpha value is -2.80. The fourth-order valence-electron chi connectivity index (χ4n) is 6.78. The second kappa shape index (κ2) is 9.93. The van der Waals surface area contributed by atoms with Gasteiger partial charge in [0.1, 0.15) is 24.4 Å². The standard InChI is InChI=1S/C28H38O12/c1-8-9-18(32)39-20-13(2)12-17-28(27(7,40-28)24(34)38-17)23(37-15(4)30)21-25(5,11-10-16(31)26(21,6)35)22(19(20)33)36-14(3)29/h10-12,16-17,19-23,31,33,35H,8-9H2,1-7H3/b13-12-/t16-,17+,19-,20+,21-,22+,23+,25+,26-,27+,28+/m1/s1. The molecule has 0 aromatic rings. The second-order valence-corrected chi connectivity index (χ2v) is 11.7. The number of aliphatic hydroxyl groups excluding tert-OH is 2. The fraction of sp³-hybridized carbons (Fsp3) is 0.714. The number of carbonyl (C=O) groups is 4. The highest BCUT2D eigenvalue weighted by Gasteiger charge is 2.87. The summed E-state index contributed by atoms with van der Waals surface area (Å²) in [6, 6.07) is 0. The van der Waals surface area contributed by atoms with Gasteiger partial charge in [0.2, 0.25) is 0 Å². The van der Waals surface area contributed by atoms with Gasteiger partial charge in [-0.25, -0.2) is 4.79 Å². The van der Waals surface area contributed by atoms with Crippen LogP contribution in [-0.2, 0) is 42.9 Å². The first kappa shape index (κ1) is 30.2. The van der Waals surface area contributed by atoms with Gasteiger partial charge in [0.05, 0.1) is 5.60 Å². The summed E-state index contributed by atoms with van der Waals surface area (Å²) in [5, 5.41) is 34.6. The summed E-state index contributed by atoms with van der Waals surface area (Å²) in [5.74, 6) is -4.27. The maximum atomic E-state index is 13.1. The van der Waals surface area contributed by atoms with E-state index in [-0.39, 0.29) is 12.0 Å². The molecule has 2 saturated heterocycles. The molecule has 222 valence electrons. The number of epoxide rings is 1. The molecule has 4 aliphatic rings. The lowest BCUT2D eigenvalue weighted by atomic mass is 9.55. The van der Waals surface area contributed by atoms with Crippen molar-refractivity contribution >= 4 is 23.9 Å². The first-order chi connectivity index (χ1) is 18.5. The van der Waals surface area contributed by atoms with Crippen molar-refractivity contribution in [1.29, 1.82) is 0 Å². The van der Waals surface area contributed by atoms with Crippen molar-refractivity contribution in [3.05, 3.63) is 23.8 Å². The molecule has 1 spiro atoms. The van der Waals surface area contributed by atoms with Gasteiger partial charge in [-0.3, -0.25) is 14.4 Å². The average Bonchev–Trinajstić information content (AvgIpc) is 3.43. The van der Waals surface area contributed by atoms with Gasteiger partial charge >= 0.3 is 23.9 Å². The largest absolute Gasteiger partial charge is 0.459 e. The minimum Gasteiger partial charge on any atom is -0.459 e. The van der Waals surface area contributed by atoms with Crippen molar-refractivity contribution in [3.8, 4) is 0 Å². The van der Waals surface area contributed by atoms with E-state index in [9.17, 15) is 34.5 Å². The van der Waals surface area contributed by atoms with Gasteiger partial charge in [-0.15, -0.1) is 0 Å². The predicted molar refractivity (Wildman–Crippen MR) is 135 cm³/mol. The molecule has 0 aromatic carbocycles. The summed E-state index contributed by atoms with van der Waals surface area (Å²) in [6.45, 7) is 9.94. The van der Waals surface area contributed by atoms with Crippen LogP contribution in [-0.4, -0.2) is 92.6 Å². The van der Waals surface area contributed by atoms with Crippen LogP contribution in [0, 0.1) is 11.3 Å². The molecule has 0 aromatic heterocycles. The smallest absolute Gasteiger partial charge is 0.342 e. The maximum Gasteiger partial charge on any atom is 0.342 e. The molecule has 0 bridgehead atoms. The Kier molecular flexibility index (Phi) is 7.49. The Morgan fingerprint density at radius 2 is 1.62 bits per heavy atom. The molecule has 2 aliphatic heterocycles. The summed E-state index contributed by atoms with van der Waals surface area (Å²) in [5.41, 5.74) is -6.66. The molecule has 3 N–H and O–H groups in total. The normalized spacial score (nSPS) is 46.9. The Morgan fingerprint density at radius 3 is 2.17 bits per heavy atom. The van der Waals surface area contributed by atoms with Crippen LogP contribution in [0.5, 0.6) is 0 Å². The lowest BCUT2D eigenvalue weighted by Gasteiger charge is -2.55. The first-order valence-electron chi connectivity index (χ1n) is 13.4. The minimum absolute atomic E-state index is 0.0491. The van der Waals surface area contributed by atoms with Crippen molar-refractivity contribution in [2.75, 3.05) is 0 Å². The molecule has 0 saturated carbocycles. The van der Waals surface area contributed by atoms with Gasteiger partial charge in [-0.05, 0) is 38.8 Å². The van der Waals surface area contributed by atoms with E-state index in [0.29, 0.717) is 6.42 Å². The summed E-state index contributed by atoms with van der Waals surface area (Å²) < 4.78 is 28.9. The third kappa shape index (κ3) is 4.36. The number of esters is 4. The highest BCUT2D eigenvalue weighted by Crippen LogP contribution is 2.65. The van der Waals surface area contributed by atoms with Crippen molar-refractivity contribution < 1.29 is 58.2 Å². The number of carbonyl (C=O) groups excluding carboxylic acids is 4. The molecule has 11 atom stereocenters. The Bertz CT molecular complexity index is 1160. The van der Waals surface area contributed by atoms with E-state index in [0.717, 1.165) is 13.8 Å². The van der Waals surface area contributed by atoms with Gasteiger partial charge in [0, 0.05) is 31.6 Å². The Balaban J connectivity index is 2.04. The molecule has 2 fully saturated rings. The summed E-state index contributed by atoms with van der Waals surface area (Å²) in [6.07, 6.45) is -3.97.